The summed E-state index contributed by atoms with van der Waals surface area (Å²) in [6.45, 7) is 7.75. The molecule has 0 saturated heterocycles. The average molecular weight is 271 g/mol. The summed E-state index contributed by atoms with van der Waals surface area (Å²) in [5, 5.41) is 3.74. The number of rotatable bonds is 6. The Balaban J connectivity index is 2.12. The van der Waals surface area contributed by atoms with Crippen LogP contribution in [-0.2, 0) is 0 Å². The molecule has 110 valence electrons. The average Bonchev–Trinajstić information content (AvgIpc) is 2.47. The molecule has 1 heteroatoms. The molecule has 1 aliphatic rings. The molecule has 20 heavy (non-hydrogen) atoms. The highest BCUT2D eigenvalue weighted by Crippen LogP contribution is 2.28. The first-order valence-electron chi connectivity index (χ1n) is 8.19. The molecule has 1 N–H and O–H groups in total. The summed E-state index contributed by atoms with van der Waals surface area (Å²) < 4.78 is 0. The van der Waals surface area contributed by atoms with Crippen LogP contribution in [0.4, 0.5) is 0 Å². The Labute approximate surface area is 124 Å². The highest BCUT2D eigenvalue weighted by Gasteiger charge is 2.14. The fourth-order valence-corrected chi connectivity index (χ4v) is 2.96. The monoisotopic (exact) mass is 271 g/mol. The van der Waals surface area contributed by atoms with E-state index in [1.165, 1.54) is 55.2 Å². The van der Waals surface area contributed by atoms with E-state index in [1.54, 1.807) is 5.57 Å². The van der Waals surface area contributed by atoms with Gasteiger partial charge >= 0.3 is 0 Å². The largest absolute Gasteiger partial charge is 0.310 e. The Kier molecular flexibility index (Phi) is 5.85. The quantitative estimate of drug-likeness (QED) is 0.698. The molecule has 1 aliphatic carbocycles. The first kappa shape index (κ1) is 15.3. The summed E-state index contributed by atoms with van der Waals surface area (Å²) in [6.07, 6.45) is 10.2. The van der Waals surface area contributed by atoms with Crippen LogP contribution >= 0.6 is 0 Å². The van der Waals surface area contributed by atoms with Gasteiger partial charge in [0.2, 0.25) is 0 Å². The molecule has 0 amide bonds. The lowest BCUT2D eigenvalue weighted by molar-refractivity contribution is 0.511. The Morgan fingerprint density at radius 3 is 2.65 bits per heavy atom. The number of benzene rings is 1. The second kappa shape index (κ2) is 7.64. The number of hydrogen-bond acceptors (Lipinski definition) is 1. The summed E-state index contributed by atoms with van der Waals surface area (Å²) in [7, 11) is 0. The molecule has 1 atom stereocenters. The molecule has 1 aromatic rings. The van der Waals surface area contributed by atoms with Crippen LogP contribution in [0.1, 0.15) is 68.2 Å². The topological polar surface area (TPSA) is 12.0 Å². The molecule has 2 rings (SSSR count). The maximum absolute atomic E-state index is 3.74. The SMILES string of the molecule is CCCNC(CC1=CCCCC1)c1ccc(C)c(C)c1. The van der Waals surface area contributed by atoms with Crippen molar-refractivity contribution in [1.82, 2.24) is 5.32 Å². The standard InChI is InChI=1S/C19H29N/c1-4-12-20-19(14-17-8-6-5-7-9-17)18-11-10-15(2)16(3)13-18/h8,10-11,13,19-20H,4-7,9,12,14H2,1-3H3. The molecule has 0 fully saturated rings. The lowest BCUT2D eigenvalue weighted by atomic mass is 9.90. The minimum Gasteiger partial charge on any atom is -0.310 e. The van der Waals surface area contributed by atoms with E-state index < -0.39 is 0 Å². The molecule has 0 heterocycles. The Morgan fingerprint density at radius 2 is 2.00 bits per heavy atom. The van der Waals surface area contributed by atoms with Gasteiger partial charge in [-0.15, -0.1) is 0 Å². The smallest absolute Gasteiger partial charge is 0.0357 e. The van der Waals surface area contributed by atoms with Gasteiger partial charge in [-0.25, -0.2) is 0 Å². The first-order valence-corrected chi connectivity index (χ1v) is 8.19. The molecule has 0 saturated carbocycles. The van der Waals surface area contributed by atoms with E-state index in [0.717, 1.165) is 6.54 Å². The van der Waals surface area contributed by atoms with Gasteiger partial charge in [-0.1, -0.05) is 36.8 Å². The van der Waals surface area contributed by atoms with Crippen molar-refractivity contribution >= 4 is 0 Å². The van der Waals surface area contributed by atoms with Crippen LogP contribution in [0.2, 0.25) is 0 Å². The predicted octanol–water partition coefficient (Wildman–Crippen LogP) is 5.23. The van der Waals surface area contributed by atoms with E-state index in [9.17, 15) is 0 Å². The number of allylic oxidation sites excluding steroid dienone is 1. The summed E-state index contributed by atoms with van der Waals surface area (Å²) in [6, 6.07) is 7.42. The van der Waals surface area contributed by atoms with Crippen LogP contribution in [0.3, 0.4) is 0 Å². The Hall–Kier alpha value is -1.08. The van der Waals surface area contributed by atoms with Crippen LogP contribution < -0.4 is 5.32 Å². The van der Waals surface area contributed by atoms with E-state index in [4.69, 9.17) is 0 Å². The zero-order valence-electron chi connectivity index (χ0n) is 13.3. The molecule has 0 spiro atoms. The van der Waals surface area contributed by atoms with Gasteiger partial charge in [-0.3, -0.25) is 0 Å². The maximum atomic E-state index is 3.74. The van der Waals surface area contributed by atoms with E-state index in [1.807, 2.05) is 0 Å². The molecule has 0 aromatic heterocycles. The van der Waals surface area contributed by atoms with Crippen LogP contribution in [0, 0.1) is 13.8 Å². The van der Waals surface area contributed by atoms with Gasteiger partial charge < -0.3 is 5.32 Å². The van der Waals surface area contributed by atoms with Gasteiger partial charge in [0, 0.05) is 6.04 Å². The molecule has 1 unspecified atom stereocenters. The van der Waals surface area contributed by atoms with E-state index in [-0.39, 0.29) is 0 Å². The third kappa shape index (κ3) is 4.21. The fourth-order valence-electron chi connectivity index (χ4n) is 2.96. The maximum Gasteiger partial charge on any atom is 0.0357 e. The van der Waals surface area contributed by atoms with Crippen LogP contribution in [0.25, 0.3) is 0 Å². The normalized spacial score (nSPS) is 16.9. The van der Waals surface area contributed by atoms with Gasteiger partial charge in [0.15, 0.2) is 0 Å². The summed E-state index contributed by atoms with van der Waals surface area (Å²) in [4.78, 5) is 0. The van der Waals surface area contributed by atoms with E-state index in [0.29, 0.717) is 6.04 Å². The van der Waals surface area contributed by atoms with Crippen molar-refractivity contribution in [3.63, 3.8) is 0 Å². The molecule has 1 aromatic carbocycles. The van der Waals surface area contributed by atoms with Crippen LogP contribution in [0.5, 0.6) is 0 Å². The Bertz CT molecular complexity index is 459. The molecular formula is C19H29N. The van der Waals surface area contributed by atoms with Gasteiger partial charge in [0.25, 0.3) is 0 Å². The number of aryl methyl sites for hydroxylation is 2. The van der Waals surface area contributed by atoms with Crippen molar-refractivity contribution in [1.29, 1.82) is 0 Å². The molecule has 1 nitrogen and oxygen atoms in total. The summed E-state index contributed by atoms with van der Waals surface area (Å²) in [5.41, 5.74) is 5.90. The fraction of sp³-hybridized carbons (Fsp3) is 0.579. The predicted molar refractivity (Wildman–Crippen MR) is 88.1 cm³/mol. The van der Waals surface area contributed by atoms with E-state index in [2.05, 4.69) is 50.4 Å². The molecule has 0 bridgehead atoms. The summed E-state index contributed by atoms with van der Waals surface area (Å²) in [5.74, 6) is 0. The molecule has 0 aliphatic heterocycles. The summed E-state index contributed by atoms with van der Waals surface area (Å²) >= 11 is 0. The van der Waals surface area contributed by atoms with Crippen molar-refractivity contribution in [2.24, 2.45) is 0 Å². The minimum absolute atomic E-state index is 0.485. The zero-order valence-corrected chi connectivity index (χ0v) is 13.3. The highest BCUT2D eigenvalue weighted by atomic mass is 14.9. The number of nitrogens with one attached hydrogen (secondary N) is 1. The van der Waals surface area contributed by atoms with Crippen molar-refractivity contribution in [2.75, 3.05) is 6.54 Å². The van der Waals surface area contributed by atoms with E-state index >= 15 is 0 Å². The lowest BCUT2D eigenvalue weighted by Crippen LogP contribution is -2.23. The molecular weight excluding hydrogens is 242 g/mol. The molecule has 0 radical (unpaired) electrons. The third-order valence-electron chi connectivity index (χ3n) is 4.43. The van der Waals surface area contributed by atoms with Gasteiger partial charge in [-0.05, 0) is 75.6 Å². The van der Waals surface area contributed by atoms with Gasteiger partial charge in [0.05, 0.1) is 0 Å². The second-order valence-corrected chi connectivity index (χ2v) is 6.16. The highest BCUT2D eigenvalue weighted by molar-refractivity contribution is 5.32. The lowest BCUT2D eigenvalue weighted by Gasteiger charge is -2.23. The van der Waals surface area contributed by atoms with Crippen molar-refractivity contribution in [3.8, 4) is 0 Å². The zero-order chi connectivity index (χ0) is 14.4. The minimum atomic E-state index is 0.485. The van der Waals surface area contributed by atoms with Crippen molar-refractivity contribution in [2.45, 2.75) is 65.3 Å². The second-order valence-electron chi connectivity index (χ2n) is 6.16. The number of hydrogen-bond donors (Lipinski definition) is 1. The third-order valence-corrected chi connectivity index (χ3v) is 4.43. The van der Waals surface area contributed by atoms with Crippen LogP contribution in [0.15, 0.2) is 29.8 Å². The first-order chi connectivity index (χ1) is 9.70. The van der Waals surface area contributed by atoms with Crippen molar-refractivity contribution in [3.05, 3.63) is 46.5 Å². The van der Waals surface area contributed by atoms with Crippen LogP contribution in [-0.4, -0.2) is 6.54 Å². The Morgan fingerprint density at radius 1 is 1.15 bits per heavy atom. The van der Waals surface area contributed by atoms with Gasteiger partial charge in [0.1, 0.15) is 0 Å². The van der Waals surface area contributed by atoms with Crippen molar-refractivity contribution < 1.29 is 0 Å². The van der Waals surface area contributed by atoms with Gasteiger partial charge in [-0.2, -0.15) is 0 Å².